The van der Waals surface area contributed by atoms with E-state index in [1.807, 2.05) is 22.6 Å². The Bertz CT molecular complexity index is 450. The summed E-state index contributed by atoms with van der Waals surface area (Å²) in [5, 5.41) is 18.4. The van der Waals surface area contributed by atoms with Gasteiger partial charge in [-0.3, -0.25) is 4.79 Å². The molecule has 1 rings (SSSR count). The van der Waals surface area contributed by atoms with E-state index >= 15 is 0 Å². The highest BCUT2D eigenvalue weighted by molar-refractivity contribution is 14.1. The minimum absolute atomic E-state index is 0.145. The molecule has 1 amide bonds. The largest absolute Gasteiger partial charge is 0.496 e. The molecule has 5 nitrogen and oxygen atoms in total. The molecule has 0 aliphatic carbocycles. The molecule has 0 fully saturated rings. The Balaban J connectivity index is 3.12. The van der Waals surface area contributed by atoms with Crippen LogP contribution >= 0.6 is 34.2 Å². The summed E-state index contributed by atoms with van der Waals surface area (Å²) in [6, 6.07) is 3.21. The SMILES string of the molecule is COc1cc(I)c(Cl)cc1C(=O)N(CCO)CCO. The summed E-state index contributed by atoms with van der Waals surface area (Å²) in [7, 11) is 1.47. The van der Waals surface area contributed by atoms with Crippen LogP contribution < -0.4 is 4.74 Å². The zero-order valence-electron chi connectivity index (χ0n) is 10.4. The second-order valence-corrected chi connectivity index (χ2v) is 5.28. The molecular formula is C12H15ClINO4. The van der Waals surface area contributed by atoms with Crippen LogP contribution in [-0.2, 0) is 0 Å². The molecule has 0 aromatic heterocycles. The van der Waals surface area contributed by atoms with E-state index in [4.69, 9.17) is 26.6 Å². The van der Waals surface area contributed by atoms with Gasteiger partial charge in [-0.25, -0.2) is 0 Å². The predicted octanol–water partition coefficient (Wildman–Crippen LogP) is 1.38. The van der Waals surface area contributed by atoms with Crippen LogP contribution in [0.15, 0.2) is 12.1 Å². The number of aliphatic hydroxyl groups is 2. The van der Waals surface area contributed by atoms with Crippen molar-refractivity contribution in [3.8, 4) is 5.75 Å². The summed E-state index contributed by atoms with van der Waals surface area (Å²) in [5.74, 6) is 0.0814. The van der Waals surface area contributed by atoms with Crippen molar-refractivity contribution in [1.82, 2.24) is 4.90 Å². The van der Waals surface area contributed by atoms with Gasteiger partial charge in [-0.1, -0.05) is 11.6 Å². The van der Waals surface area contributed by atoms with Crippen molar-refractivity contribution in [2.24, 2.45) is 0 Å². The van der Waals surface area contributed by atoms with Crippen molar-refractivity contribution < 1.29 is 19.7 Å². The minimum Gasteiger partial charge on any atom is -0.496 e. The molecular weight excluding hydrogens is 384 g/mol. The van der Waals surface area contributed by atoms with Crippen molar-refractivity contribution in [1.29, 1.82) is 0 Å². The van der Waals surface area contributed by atoms with Crippen LogP contribution in [0.5, 0.6) is 5.75 Å². The number of carbonyl (C=O) groups excluding carboxylic acids is 1. The van der Waals surface area contributed by atoms with Crippen LogP contribution in [0.2, 0.25) is 5.02 Å². The molecule has 0 aliphatic heterocycles. The van der Waals surface area contributed by atoms with Gasteiger partial charge in [0.05, 0.1) is 30.9 Å². The highest BCUT2D eigenvalue weighted by Gasteiger charge is 2.20. The van der Waals surface area contributed by atoms with E-state index in [0.29, 0.717) is 16.3 Å². The van der Waals surface area contributed by atoms with Crippen LogP contribution in [-0.4, -0.2) is 54.4 Å². The van der Waals surface area contributed by atoms with Crippen molar-refractivity contribution in [3.63, 3.8) is 0 Å². The Morgan fingerprint density at radius 1 is 1.37 bits per heavy atom. The van der Waals surface area contributed by atoms with Gasteiger partial charge in [0, 0.05) is 16.7 Å². The zero-order valence-corrected chi connectivity index (χ0v) is 13.3. The molecule has 0 atom stereocenters. The van der Waals surface area contributed by atoms with E-state index < -0.39 is 0 Å². The van der Waals surface area contributed by atoms with Gasteiger partial charge in [0.15, 0.2) is 0 Å². The summed E-state index contributed by atoms with van der Waals surface area (Å²) in [6.07, 6.45) is 0. The number of aliphatic hydroxyl groups excluding tert-OH is 2. The number of halogens is 2. The highest BCUT2D eigenvalue weighted by Crippen LogP contribution is 2.29. The van der Waals surface area contributed by atoms with Crippen molar-refractivity contribution in [2.45, 2.75) is 0 Å². The lowest BCUT2D eigenvalue weighted by Crippen LogP contribution is -2.36. The van der Waals surface area contributed by atoms with E-state index in [-0.39, 0.29) is 32.2 Å². The first-order valence-electron chi connectivity index (χ1n) is 5.59. The molecule has 1 aromatic carbocycles. The Labute approximate surface area is 130 Å². The lowest BCUT2D eigenvalue weighted by molar-refractivity contribution is 0.0681. The number of amides is 1. The quantitative estimate of drug-likeness (QED) is 0.709. The molecule has 19 heavy (non-hydrogen) atoms. The Morgan fingerprint density at radius 2 is 1.95 bits per heavy atom. The Morgan fingerprint density at radius 3 is 2.42 bits per heavy atom. The second kappa shape index (κ2) is 7.88. The Hall–Kier alpha value is -0.570. The monoisotopic (exact) mass is 399 g/mol. The summed E-state index contributed by atoms with van der Waals surface area (Å²) in [4.78, 5) is 13.7. The number of nitrogens with zero attached hydrogens (tertiary/aromatic N) is 1. The van der Waals surface area contributed by atoms with Crippen molar-refractivity contribution >= 4 is 40.1 Å². The normalized spacial score (nSPS) is 10.4. The fraction of sp³-hybridized carbons (Fsp3) is 0.417. The summed E-state index contributed by atoms with van der Waals surface area (Å²) < 4.78 is 5.95. The number of rotatable bonds is 6. The molecule has 0 spiro atoms. The lowest BCUT2D eigenvalue weighted by atomic mass is 10.1. The number of methoxy groups -OCH3 is 1. The van der Waals surface area contributed by atoms with Crippen LogP contribution in [0.25, 0.3) is 0 Å². The number of benzene rings is 1. The highest BCUT2D eigenvalue weighted by atomic mass is 127. The molecule has 7 heteroatoms. The third kappa shape index (κ3) is 4.20. The number of hydrogen-bond donors (Lipinski definition) is 2. The average Bonchev–Trinajstić information content (AvgIpc) is 2.40. The van der Waals surface area contributed by atoms with Crippen molar-refractivity contribution in [3.05, 3.63) is 26.3 Å². The van der Waals surface area contributed by atoms with E-state index in [0.717, 1.165) is 3.57 Å². The van der Waals surface area contributed by atoms with E-state index in [1.165, 1.54) is 18.1 Å². The van der Waals surface area contributed by atoms with Gasteiger partial charge in [-0.15, -0.1) is 0 Å². The molecule has 106 valence electrons. The van der Waals surface area contributed by atoms with E-state index in [1.54, 1.807) is 6.07 Å². The van der Waals surface area contributed by atoms with Gasteiger partial charge < -0.3 is 19.8 Å². The fourth-order valence-electron chi connectivity index (χ4n) is 1.59. The first-order chi connectivity index (χ1) is 9.04. The first kappa shape index (κ1) is 16.5. The van der Waals surface area contributed by atoms with Gasteiger partial charge >= 0.3 is 0 Å². The number of ether oxygens (including phenoxy) is 1. The Kier molecular flexibility index (Phi) is 6.84. The fourth-order valence-corrected chi connectivity index (χ4v) is 2.19. The van der Waals surface area contributed by atoms with Crippen LogP contribution in [0.1, 0.15) is 10.4 Å². The van der Waals surface area contributed by atoms with Gasteiger partial charge in [0.25, 0.3) is 5.91 Å². The van der Waals surface area contributed by atoms with E-state index in [2.05, 4.69) is 0 Å². The maximum atomic E-state index is 12.3. The van der Waals surface area contributed by atoms with Gasteiger partial charge in [0.1, 0.15) is 5.75 Å². The zero-order chi connectivity index (χ0) is 14.4. The second-order valence-electron chi connectivity index (χ2n) is 3.71. The molecule has 2 N–H and O–H groups in total. The number of hydrogen-bond acceptors (Lipinski definition) is 4. The maximum Gasteiger partial charge on any atom is 0.257 e. The topological polar surface area (TPSA) is 70.0 Å². The standard InChI is InChI=1S/C12H15ClINO4/c1-19-11-7-10(14)9(13)6-8(11)12(18)15(2-4-16)3-5-17/h6-7,16-17H,2-5H2,1H3. The molecule has 0 saturated carbocycles. The maximum absolute atomic E-state index is 12.3. The lowest BCUT2D eigenvalue weighted by Gasteiger charge is -2.22. The predicted molar refractivity (Wildman–Crippen MR) is 80.8 cm³/mol. The number of carbonyl (C=O) groups is 1. The molecule has 0 unspecified atom stereocenters. The van der Waals surface area contributed by atoms with Gasteiger partial charge in [0.2, 0.25) is 0 Å². The average molecular weight is 400 g/mol. The van der Waals surface area contributed by atoms with E-state index in [9.17, 15) is 4.79 Å². The minimum atomic E-state index is -0.335. The van der Waals surface area contributed by atoms with Crippen LogP contribution in [0, 0.1) is 3.57 Å². The van der Waals surface area contributed by atoms with Crippen LogP contribution in [0.3, 0.4) is 0 Å². The molecule has 1 aromatic rings. The summed E-state index contributed by atoms with van der Waals surface area (Å²) in [5.41, 5.74) is 0.315. The molecule has 0 saturated heterocycles. The summed E-state index contributed by atoms with van der Waals surface area (Å²) >= 11 is 8.06. The molecule has 0 heterocycles. The van der Waals surface area contributed by atoms with Crippen molar-refractivity contribution in [2.75, 3.05) is 33.4 Å². The third-order valence-electron chi connectivity index (χ3n) is 2.50. The van der Waals surface area contributed by atoms with Gasteiger partial charge in [-0.05, 0) is 34.7 Å². The van der Waals surface area contributed by atoms with Gasteiger partial charge in [-0.2, -0.15) is 0 Å². The first-order valence-corrected chi connectivity index (χ1v) is 7.04. The smallest absolute Gasteiger partial charge is 0.257 e. The molecule has 0 bridgehead atoms. The molecule has 0 radical (unpaired) electrons. The van der Waals surface area contributed by atoms with Crippen LogP contribution in [0.4, 0.5) is 0 Å². The molecule has 0 aliphatic rings. The summed E-state index contributed by atoms with van der Waals surface area (Å²) in [6.45, 7) is -0.0589. The third-order valence-corrected chi connectivity index (χ3v) is 4.02.